The third-order valence-electron chi connectivity index (χ3n) is 2.33. The smallest absolute Gasteiger partial charge is 0.354 e. The second kappa shape index (κ2) is 4.82. The molecule has 0 aliphatic carbocycles. The maximum atomic E-state index is 11.3. The zero-order valence-corrected chi connectivity index (χ0v) is 10.5. The first-order valence-electron chi connectivity index (χ1n) is 4.84. The van der Waals surface area contributed by atoms with Gasteiger partial charge in [0.05, 0.1) is 7.11 Å². The van der Waals surface area contributed by atoms with Crippen molar-refractivity contribution in [1.29, 1.82) is 0 Å². The lowest BCUT2D eigenvalue weighted by Crippen LogP contribution is -2.00. The number of rotatable bonds is 2. The Hall–Kier alpha value is -1.45. The van der Waals surface area contributed by atoms with Crippen molar-refractivity contribution in [2.75, 3.05) is 7.11 Å². The third-order valence-corrected chi connectivity index (χ3v) is 2.88. The number of carbonyl (C=O) groups excluding carboxylic acids is 1. The lowest BCUT2D eigenvalue weighted by molar-refractivity contribution is 0.0595. The van der Waals surface area contributed by atoms with E-state index in [4.69, 9.17) is 23.2 Å². The van der Waals surface area contributed by atoms with Crippen molar-refractivity contribution in [3.63, 3.8) is 0 Å². The van der Waals surface area contributed by atoms with Gasteiger partial charge in [0.25, 0.3) is 0 Å². The average molecular weight is 270 g/mol. The van der Waals surface area contributed by atoms with Gasteiger partial charge < -0.3 is 9.72 Å². The summed E-state index contributed by atoms with van der Waals surface area (Å²) in [6, 6.07) is 6.88. The fourth-order valence-electron chi connectivity index (χ4n) is 1.50. The van der Waals surface area contributed by atoms with Crippen molar-refractivity contribution in [3.8, 4) is 11.1 Å². The van der Waals surface area contributed by atoms with Crippen LogP contribution in [0.3, 0.4) is 0 Å². The highest BCUT2D eigenvalue weighted by Crippen LogP contribution is 2.30. The van der Waals surface area contributed by atoms with Crippen molar-refractivity contribution < 1.29 is 9.53 Å². The second-order valence-corrected chi connectivity index (χ2v) is 4.26. The quantitative estimate of drug-likeness (QED) is 0.844. The summed E-state index contributed by atoms with van der Waals surface area (Å²) < 4.78 is 4.61. The van der Waals surface area contributed by atoms with Gasteiger partial charge in [-0.2, -0.15) is 0 Å². The van der Waals surface area contributed by atoms with E-state index in [1.807, 2.05) is 0 Å². The van der Waals surface area contributed by atoms with Gasteiger partial charge in [0, 0.05) is 27.4 Å². The summed E-state index contributed by atoms with van der Waals surface area (Å²) in [4.78, 5) is 14.1. The largest absolute Gasteiger partial charge is 0.464 e. The third kappa shape index (κ3) is 2.46. The van der Waals surface area contributed by atoms with Crippen LogP contribution in [0.15, 0.2) is 30.5 Å². The van der Waals surface area contributed by atoms with Crippen LogP contribution in [0.5, 0.6) is 0 Å². The van der Waals surface area contributed by atoms with Gasteiger partial charge in [0.15, 0.2) is 0 Å². The molecular formula is C12H9Cl2NO2. The molecule has 0 bridgehead atoms. The van der Waals surface area contributed by atoms with E-state index in [0.717, 1.165) is 11.1 Å². The number of hydrogen-bond donors (Lipinski definition) is 1. The number of aromatic nitrogens is 1. The van der Waals surface area contributed by atoms with Crippen LogP contribution in [0.25, 0.3) is 11.1 Å². The molecule has 0 spiro atoms. The molecule has 1 N–H and O–H groups in total. The first-order chi connectivity index (χ1) is 8.11. The van der Waals surface area contributed by atoms with Gasteiger partial charge in [-0.15, -0.1) is 0 Å². The molecule has 2 rings (SSSR count). The molecule has 0 aliphatic heterocycles. The Balaban J connectivity index is 2.40. The highest BCUT2D eigenvalue weighted by molar-refractivity contribution is 6.36. The number of esters is 1. The summed E-state index contributed by atoms with van der Waals surface area (Å²) >= 11 is 11.9. The molecule has 1 aromatic carbocycles. The summed E-state index contributed by atoms with van der Waals surface area (Å²) in [5, 5.41) is 1.11. The van der Waals surface area contributed by atoms with Crippen LogP contribution in [-0.4, -0.2) is 18.1 Å². The zero-order chi connectivity index (χ0) is 12.4. The number of hydrogen-bond acceptors (Lipinski definition) is 2. The van der Waals surface area contributed by atoms with E-state index in [1.165, 1.54) is 7.11 Å². The highest BCUT2D eigenvalue weighted by atomic mass is 35.5. The summed E-state index contributed by atoms with van der Waals surface area (Å²) in [5.41, 5.74) is 2.00. The minimum atomic E-state index is -0.415. The zero-order valence-electron chi connectivity index (χ0n) is 8.96. The molecule has 1 aromatic heterocycles. The van der Waals surface area contributed by atoms with Gasteiger partial charge in [-0.25, -0.2) is 4.79 Å². The van der Waals surface area contributed by atoms with Gasteiger partial charge in [-0.05, 0) is 18.2 Å². The van der Waals surface area contributed by atoms with Crippen molar-refractivity contribution in [2.24, 2.45) is 0 Å². The van der Waals surface area contributed by atoms with Crippen molar-refractivity contribution in [2.45, 2.75) is 0 Å². The molecule has 0 aliphatic rings. The van der Waals surface area contributed by atoms with E-state index in [-0.39, 0.29) is 0 Å². The number of H-pyrrole nitrogens is 1. The van der Waals surface area contributed by atoms with Crippen molar-refractivity contribution in [3.05, 3.63) is 46.2 Å². The van der Waals surface area contributed by atoms with Gasteiger partial charge in [0.2, 0.25) is 0 Å². The summed E-state index contributed by atoms with van der Waals surface area (Å²) in [5.74, 6) is -0.415. The van der Waals surface area contributed by atoms with Crippen LogP contribution in [0.4, 0.5) is 0 Å². The second-order valence-electron chi connectivity index (χ2n) is 3.42. The molecule has 88 valence electrons. The van der Waals surface area contributed by atoms with Gasteiger partial charge in [-0.1, -0.05) is 29.3 Å². The van der Waals surface area contributed by atoms with Gasteiger partial charge in [-0.3, -0.25) is 0 Å². The van der Waals surface area contributed by atoms with E-state index >= 15 is 0 Å². The minimum absolute atomic E-state index is 0.383. The Kier molecular flexibility index (Phi) is 3.41. The lowest BCUT2D eigenvalue weighted by atomic mass is 10.1. The molecule has 0 amide bonds. The Morgan fingerprint density at radius 2 is 2.06 bits per heavy atom. The number of aromatic amines is 1. The van der Waals surface area contributed by atoms with Gasteiger partial charge >= 0.3 is 5.97 Å². The van der Waals surface area contributed by atoms with E-state index in [0.29, 0.717) is 15.7 Å². The Morgan fingerprint density at radius 1 is 1.29 bits per heavy atom. The monoisotopic (exact) mass is 269 g/mol. The Morgan fingerprint density at radius 3 is 2.71 bits per heavy atom. The predicted octanol–water partition coefficient (Wildman–Crippen LogP) is 3.78. The molecule has 0 saturated carbocycles. The van der Waals surface area contributed by atoms with Crippen LogP contribution in [0, 0.1) is 0 Å². The molecule has 3 nitrogen and oxygen atoms in total. The van der Waals surface area contributed by atoms with Crippen LogP contribution in [0.1, 0.15) is 10.5 Å². The first-order valence-corrected chi connectivity index (χ1v) is 5.59. The highest BCUT2D eigenvalue weighted by Gasteiger charge is 2.11. The average Bonchev–Trinajstić information content (AvgIpc) is 2.77. The molecule has 0 saturated heterocycles. The number of halogens is 2. The first kappa shape index (κ1) is 12.0. The molecule has 0 fully saturated rings. The summed E-state index contributed by atoms with van der Waals surface area (Å²) in [6.45, 7) is 0. The molecule has 0 unspecified atom stereocenters. The maximum Gasteiger partial charge on any atom is 0.354 e. The van der Waals surface area contributed by atoms with E-state index < -0.39 is 5.97 Å². The van der Waals surface area contributed by atoms with Crippen LogP contribution in [-0.2, 0) is 4.74 Å². The number of nitrogens with one attached hydrogen (secondary N) is 1. The number of carbonyl (C=O) groups is 1. The molecular weight excluding hydrogens is 261 g/mol. The Bertz CT molecular complexity index is 563. The molecule has 0 radical (unpaired) electrons. The number of benzene rings is 1. The minimum Gasteiger partial charge on any atom is -0.464 e. The molecule has 2 aromatic rings. The standard InChI is InChI=1S/C12H9Cl2NO2/c1-17-12(16)11-4-7(6-15-11)9-3-2-8(13)5-10(9)14/h2-6,15H,1H3. The van der Waals surface area contributed by atoms with Crippen LogP contribution >= 0.6 is 23.2 Å². The number of ether oxygens (including phenoxy) is 1. The predicted molar refractivity (Wildman–Crippen MR) is 67.6 cm³/mol. The fourth-order valence-corrected chi connectivity index (χ4v) is 2.02. The van der Waals surface area contributed by atoms with E-state index in [1.54, 1.807) is 30.5 Å². The van der Waals surface area contributed by atoms with Crippen LogP contribution in [0.2, 0.25) is 10.0 Å². The van der Waals surface area contributed by atoms with Crippen molar-refractivity contribution in [1.82, 2.24) is 4.98 Å². The topological polar surface area (TPSA) is 42.1 Å². The van der Waals surface area contributed by atoms with E-state index in [2.05, 4.69) is 9.72 Å². The number of methoxy groups -OCH3 is 1. The van der Waals surface area contributed by atoms with Crippen LogP contribution < -0.4 is 0 Å². The normalized spacial score (nSPS) is 10.3. The summed E-state index contributed by atoms with van der Waals surface area (Å²) in [7, 11) is 1.33. The lowest BCUT2D eigenvalue weighted by Gasteiger charge is -2.01. The van der Waals surface area contributed by atoms with Crippen molar-refractivity contribution >= 4 is 29.2 Å². The SMILES string of the molecule is COC(=O)c1cc(-c2ccc(Cl)cc2Cl)c[nH]1. The fraction of sp³-hybridized carbons (Fsp3) is 0.0833. The molecule has 0 atom stereocenters. The summed E-state index contributed by atoms with van der Waals surface area (Å²) in [6.07, 6.45) is 1.70. The molecule has 5 heteroatoms. The molecule has 1 heterocycles. The van der Waals surface area contributed by atoms with Gasteiger partial charge in [0.1, 0.15) is 5.69 Å². The maximum absolute atomic E-state index is 11.3. The molecule has 17 heavy (non-hydrogen) atoms. The Labute approximate surface area is 108 Å². The van der Waals surface area contributed by atoms with E-state index in [9.17, 15) is 4.79 Å².